The molecular weight excluding hydrogens is 220 g/mol. The number of hydrogen-bond donors (Lipinski definition) is 1. The van der Waals surface area contributed by atoms with E-state index in [0.717, 1.165) is 24.0 Å². The highest BCUT2D eigenvalue weighted by Gasteiger charge is 2.37. The molecule has 0 spiro atoms. The van der Waals surface area contributed by atoms with Gasteiger partial charge in [-0.1, -0.05) is 39.5 Å². The summed E-state index contributed by atoms with van der Waals surface area (Å²) < 4.78 is 0. The SMILES string of the molecule is CNC1CCCCCCC1N(CC(C)C)C1CC1. The first-order valence-corrected chi connectivity index (χ1v) is 8.15. The maximum absolute atomic E-state index is 3.62. The molecule has 2 nitrogen and oxygen atoms in total. The van der Waals surface area contributed by atoms with Crippen molar-refractivity contribution in [1.29, 1.82) is 0 Å². The quantitative estimate of drug-likeness (QED) is 0.806. The number of nitrogens with one attached hydrogen (secondary N) is 1. The van der Waals surface area contributed by atoms with Crippen LogP contribution in [0.25, 0.3) is 0 Å². The number of hydrogen-bond acceptors (Lipinski definition) is 2. The molecule has 1 N–H and O–H groups in total. The molecule has 0 aromatic heterocycles. The Morgan fingerprint density at radius 3 is 2.22 bits per heavy atom. The molecule has 0 aromatic carbocycles. The number of nitrogens with zero attached hydrogens (tertiary/aromatic N) is 1. The van der Waals surface area contributed by atoms with Gasteiger partial charge >= 0.3 is 0 Å². The average molecular weight is 252 g/mol. The van der Waals surface area contributed by atoms with Crippen molar-refractivity contribution in [2.75, 3.05) is 13.6 Å². The Morgan fingerprint density at radius 2 is 1.67 bits per heavy atom. The minimum atomic E-state index is 0.727. The molecule has 0 aromatic rings. The fourth-order valence-corrected chi connectivity index (χ4v) is 3.58. The zero-order valence-electron chi connectivity index (χ0n) is 12.6. The van der Waals surface area contributed by atoms with Crippen LogP contribution in [0.1, 0.15) is 65.2 Å². The van der Waals surface area contributed by atoms with Gasteiger partial charge in [0.1, 0.15) is 0 Å². The molecule has 2 unspecified atom stereocenters. The molecular formula is C16H32N2. The lowest BCUT2D eigenvalue weighted by Gasteiger charge is -2.39. The van der Waals surface area contributed by atoms with Gasteiger partial charge in [-0.05, 0) is 38.6 Å². The van der Waals surface area contributed by atoms with Gasteiger partial charge in [-0.3, -0.25) is 4.90 Å². The lowest BCUT2D eigenvalue weighted by atomic mass is 9.90. The minimum Gasteiger partial charge on any atom is -0.315 e. The van der Waals surface area contributed by atoms with Crippen LogP contribution in [0.3, 0.4) is 0 Å². The summed E-state index contributed by atoms with van der Waals surface area (Å²) in [6.07, 6.45) is 11.4. The van der Waals surface area contributed by atoms with Crippen LogP contribution < -0.4 is 5.32 Å². The number of likely N-dealkylation sites (N-methyl/N-ethyl adjacent to an activating group) is 1. The third kappa shape index (κ3) is 3.96. The lowest BCUT2D eigenvalue weighted by Crippen LogP contribution is -2.51. The van der Waals surface area contributed by atoms with Gasteiger partial charge in [0.25, 0.3) is 0 Å². The Balaban J connectivity index is 2.02. The van der Waals surface area contributed by atoms with Crippen LogP contribution in [0, 0.1) is 5.92 Å². The second-order valence-electron chi connectivity index (χ2n) is 6.78. The maximum atomic E-state index is 3.62. The van der Waals surface area contributed by atoms with Gasteiger partial charge in [-0.15, -0.1) is 0 Å². The second kappa shape index (κ2) is 6.91. The summed E-state index contributed by atoms with van der Waals surface area (Å²) >= 11 is 0. The van der Waals surface area contributed by atoms with Gasteiger partial charge in [0.2, 0.25) is 0 Å². The van der Waals surface area contributed by atoms with Crippen molar-refractivity contribution < 1.29 is 0 Å². The van der Waals surface area contributed by atoms with E-state index in [9.17, 15) is 0 Å². The van der Waals surface area contributed by atoms with Crippen molar-refractivity contribution in [2.45, 2.75) is 83.3 Å². The van der Waals surface area contributed by atoms with Gasteiger partial charge in [0.05, 0.1) is 0 Å². The normalized spacial score (nSPS) is 30.5. The summed E-state index contributed by atoms with van der Waals surface area (Å²) in [5.41, 5.74) is 0. The molecule has 2 heteroatoms. The van der Waals surface area contributed by atoms with E-state index in [2.05, 4.69) is 31.1 Å². The highest BCUT2D eigenvalue weighted by Crippen LogP contribution is 2.33. The van der Waals surface area contributed by atoms with Crippen molar-refractivity contribution in [2.24, 2.45) is 5.92 Å². The first-order chi connectivity index (χ1) is 8.72. The molecule has 0 bridgehead atoms. The lowest BCUT2D eigenvalue weighted by molar-refractivity contribution is 0.114. The summed E-state index contributed by atoms with van der Waals surface area (Å²) in [4.78, 5) is 2.86. The predicted molar refractivity (Wildman–Crippen MR) is 78.9 cm³/mol. The Labute approximate surface area is 114 Å². The average Bonchev–Trinajstić information content (AvgIpc) is 3.10. The van der Waals surface area contributed by atoms with Gasteiger partial charge in [0.15, 0.2) is 0 Å². The molecule has 2 aliphatic rings. The minimum absolute atomic E-state index is 0.727. The molecule has 2 rings (SSSR count). The predicted octanol–water partition coefficient (Wildman–Crippen LogP) is 3.42. The van der Waals surface area contributed by atoms with Crippen LogP contribution in [0.4, 0.5) is 0 Å². The summed E-state index contributed by atoms with van der Waals surface area (Å²) in [7, 11) is 2.17. The standard InChI is InChI=1S/C16H32N2/c1-13(2)12-18(14-10-11-14)16-9-7-5-4-6-8-15(16)17-3/h13-17H,4-12H2,1-3H3. The molecule has 0 amide bonds. The molecule has 2 fully saturated rings. The highest BCUT2D eigenvalue weighted by atomic mass is 15.2. The van der Waals surface area contributed by atoms with E-state index >= 15 is 0 Å². The van der Waals surface area contributed by atoms with Crippen LogP contribution in [-0.4, -0.2) is 36.6 Å². The topological polar surface area (TPSA) is 15.3 Å². The molecule has 0 saturated heterocycles. The van der Waals surface area contributed by atoms with Gasteiger partial charge in [-0.2, -0.15) is 0 Å². The Morgan fingerprint density at radius 1 is 1.00 bits per heavy atom. The van der Waals surface area contributed by atoms with E-state index in [4.69, 9.17) is 0 Å². The van der Waals surface area contributed by atoms with E-state index in [0.29, 0.717) is 0 Å². The van der Waals surface area contributed by atoms with Crippen molar-refractivity contribution in [3.8, 4) is 0 Å². The zero-order chi connectivity index (χ0) is 13.0. The molecule has 0 aliphatic heterocycles. The van der Waals surface area contributed by atoms with E-state index in [1.807, 2.05) is 0 Å². The van der Waals surface area contributed by atoms with Crippen molar-refractivity contribution in [3.63, 3.8) is 0 Å². The Kier molecular flexibility index (Phi) is 5.50. The van der Waals surface area contributed by atoms with E-state index in [1.165, 1.54) is 57.9 Å². The second-order valence-corrected chi connectivity index (χ2v) is 6.78. The highest BCUT2D eigenvalue weighted by molar-refractivity contribution is 4.94. The van der Waals surface area contributed by atoms with E-state index in [1.54, 1.807) is 0 Å². The number of rotatable bonds is 5. The van der Waals surface area contributed by atoms with Crippen LogP contribution in [0.15, 0.2) is 0 Å². The van der Waals surface area contributed by atoms with Crippen molar-refractivity contribution in [3.05, 3.63) is 0 Å². The molecule has 2 atom stereocenters. The molecule has 0 radical (unpaired) electrons. The maximum Gasteiger partial charge on any atom is 0.0252 e. The third-order valence-corrected chi connectivity index (χ3v) is 4.62. The molecule has 0 heterocycles. The largest absolute Gasteiger partial charge is 0.315 e. The van der Waals surface area contributed by atoms with Gasteiger partial charge in [0, 0.05) is 24.7 Å². The summed E-state index contributed by atoms with van der Waals surface area (Å²) in [6, 6.07) is 2.43. The van der Waals surface area contributed by atoms with Gasteiger partial charge < -0.3 is 5.32 Å². The zero-order valence-corrected chi connectivity index (χ0v) is 12.6. The molecule has 106 valence electrons. The first-order valence-electron chi connectivity index (χ1n) is 8.15. The summed E-state index contributed by atoms with van der Waals surface area (Å²) in [6.45, 7) is 6.03. The van der Waals surface area contributed by atoms with Gasteiger partial charge in [-0.25, -0.2) is 0 Å². The molecule has 2 saturated carbocycles. The Hall–Kier alpha value is -0.0800. The van der Waals surface area contributed by atoms with E-state index < -0.39 is 0 Å². The van der Waals surface area contributed by atoms with Crippen LogP contribution in [0.2, 0.25) is 0 Å². The Bertz CT molecular complexity index is 235. The fourth-order valence-electron chi connectivity index (χ4n) is 3.58. The monoisotopic (exact) mass is 252 g/mol. The molecule has 2 aliphatic carbocycles. The third-order valence-electron chi connectivity index (χ3n) is 4.62. The smallest absolute Gasteiger partial charge is 0.0252 e. The van der Waals surface area contributed by atoms with Crippen molar-refractivity contribution >= 4 is 0 Å². The molecule has 18 heavy (non-hydrogen) atoms. The summed E-state index contributed by atoms with van der Waals surface area (Å²) in [5, 5.41) is 3.62. The van der Waals surface area contributed by atoms with Crippen molar-refractivity contribution in [1.82, 2.24) is 10.2 Å². The van der Waals surface area contributed by atoms with Crippen LogP contribution >= 0.6 is 0 Å². The van der Waals surface area contributed by atoms with Crippen LogP contribution in [-0.2, 0) is 0 Å². The van der Waals surface area contributed by atoms with Crippen LogP contribution in [0.5, 0.6) is 0 Å². The van der Waals surface area contributed by atoms with E-state index in [-0.39, 0.29) is 0 Å². The summed E-state index contributed by atoms with van der Waals surface area (Å²) in [5.74, 6) is 0.800. The fraction of sp³-hybridized carbons (Fsp3) is 1.00. The first kappa shape index (κ1) is 14.3.